The van der Waals surface area contributed by atoms with Crippen molar-refractivity contribution in [2.24, 2.45) is 0 Å². The van der Waals surface area contributed by atoms with Crippen LogP contribution in [0.4, 0.5) is 0 Å². The number of thiophene rings is 1. The SMILES string of the molecule is CCOc1ccc(OCC(=O)N(Cc2cccs2)C2CC2)cc1. The van der Waals surface area contributed by atoms with Gasteiger partial charge in [0.15, 0.2) is 6.61 Å². The molecule has 1 aliphatic rings. The summed E-state index contributed by atoms with van der Waals surface area (Å²) in [6.45, 7) is 3.35. The van der Waals surface area contributed by atoms with Crippen LogP contribution >= 0.6 is 11.3 Å². The van der Waals surface area contributed by atoms with Crippen molar-refractivity contribution in [2.45, 2.75) is 32.4 Å². The summed E-state index contributed by atoms with van der Waals surface area (Å²) in [4.78, 5) is 15.6. The van der Waals surface area contributed by atoms with E-state index < -0.39 is 0 Å². The summed E-state index contributed by atoms with van der Waals surface area (Å²) in [6, 6.07) is 11.8. The molecule has 0 saturated heterocycles. The fraction of sp³-hybridized carbons (Fsp3) is 0.389. The molecule has 3 rings (SSSR count). The molecule has 0 bridgehead atoms. The molecular formula is C18H21NO3S. The van der Waals surface area contributed by atoms with Gasteiger partial charge >= 0.3 is 0 Å². The van der Waals surface area contributed by atoms with Crippen molar-refractivity contribution in [1.82, 2.24) is 4.90 Å². The third-order valence-corrected chi connectivity index (χ3v) is 4.57. The van der Waals surface area contributed by atoms with E-state index in [4.69, 9.17) is 9.47 Å². The third-order valence-electron chi connectivity index (χ3n) is 3.71. The molecule has 0 atom stereocenters. The van der Waals surface area contributed by atoms with Gasteiger partial charge in [0, 0.05) is 10.9 Å². The standard InChI is InChI=1S/C18H21NO3S/c1-2-21-15-7-9-16(10-8-15)22-13-18(20)19(14-5-6-14)12-17-4-3-11-23-17/h3-4,7-11,14H,2,5-6,12-13H2,1H3. The maximum atomic E-state index is 12.5. The van der Waals surface area contributed by atoms with Crippen LogP contribution in [0, 0.1) is 0 Å². The molecule has 0 unspecified atom stereocenters. The van der Waals surface area contributed by atoms with Gasteiger partial charge in [-0.3, -0.25) is 4.79 Å². The van der Waals surface area contributed by atoms with Crippen molar-refractivity contribution in [2.75, 3.05) is 13.2 Å². The molecule has 5 heteroatoms. The molecule has 1 aromatic heterocycles. The predicted octanol–water partition coefficient (Wildman–Crippen LogP) is 3.72. The first-order chi connectivity index (χ1) is 11.3. The molecule has 1 amide bonds. The zero-order valence-electron chi connectivity index (χ0n) is 13.2. The van der Waals surface area contributed by atoms with Gasteiger partial charge in [0.25, 0.3) is 5.91 Å². The summed E-state index contributed by atoms with van der Waals surface area (Å²) in [5.41, 5.74) is 0. The van der Waals surface area contributed by atoms with Crippen LogP contribution < -0.4 is 9.47 Å². The van der Waals surface area contributed by atoms with Crippen LogP contribution in [0.25, 0.3) is 0 Å². The van der Waals surface area contributed by atoms with Gasteiger partial charge in [0.05, 0.1) is 13.2 Å². The number of nitrogens with zero attached hydrogens (tertiary/aromatic N) is 1. The Morgan fingerprint density at radius 2 is 1.87 bits per heavy atom. The average Bonchev–Trinajstić information content (AvgIpc) is 3.28. The number of benzene rings is 1. The average molecular weight is 331 g/mol. The summed E-state index contributed by atoms with van der Waals surface area (Å²) in [5.74, 6) is 1.55. The number of rotatable bonds is 8. The molecule has 0 aliphatic heterocycles. The zero-order chi connectivity index (χ0) is 16.1. The monoisotopic (exact) mass is 331 g/mol. The van der Waals surface area contributed by atoms with E-state index in [2.05, 4.69) is 6.07 Å². The van der Waals surface area contributed by atoms with Crippen LogP contribution in [-0.2, 0) is 11.3 Å². The highest BCUT2D eigenvalue weighted by Crippen LogP contribution is 2.29. The predicted molar refractivity (Wildman–Crippen MR) is 91.0 cm³/mol. The van der Waals surface area contributed by atoms with Crippen molar-refractivity contribution in [3.63, 3.8) is 0 Å². The first kappa shape index (κ1) is 15.9. The van der Waals surface area contributed by atoms with E-state index in [1.807, 2.05) is 47.5 Å². The number of carbonyl (C=O) groups excluding carboxylic acids is 1. The summed E-state index contributed by atoms with van der Waals surface area (Å²) in [7, 11) is 0. The fourth-order valence-corrected chi connectivity index (χ4v) is 3.11. The van der Waals surface area contributed by atoms with Crippen LogP contribution in [0.5, 0.6) is 11.5 Å². The van der Waals surface area contributed by atoms with Crippen LogP contribution in [0.1, 0.15) is 24.6 Å². The lowest BCUT2D eigenvalue weighted by Crippen LogP contribution is -2.36. The molecule has 0 spiro atoms. The van der Waals surface area contributed by atoms with Crippen LogP contribution in [0.2, 0.25) is 0 Å². The Labute approximate surface area is 140 Å². The lowest BCUT2D eigenvalue weighted by Gasteiger charge is -2.22. The van der Waals surface area contributed by atoms with Gasteiger partial charge in [-0.05, 0) is 55.5 Å². The van der Waals surface area contributed by atoms with Gasteiger partial charge in [0.2, 0.25) is 0 Å². The molecule has 4 nitrogen and oxygen atoms in total. The first-order valence-corrected chi connectivity index (χ1v) is 8.81. The van der Waals surface area contributed by atoms with Crippen molar-refractivity contribution < 1.29 is 14.3 Å². The summed E-state index contributed by atoms with van der Waals surface area (Å²) < 4.78 is 11.0. The van der Waals surface area contributed by atoms with Gasteiger partial charge in [-0.25, -0.2) is 0 Å². The lowest BCUT2D eigenvalue weighted by atomic mass is 10.3. The minimum absolute atomic E-state index is 0.0507. The van der Waals surface area contributed by atoms with E-state index in [0.29, 0.717) is 24.9 Å². The molecule has 0 radical (unpaired) electrons. The van der Waals surface area contributed by atoms with Gasteiger partial charge in [-0.15, -0.1) is 11.3 Å². The molecule has 1 aromatic carbocycles. The van der Waals surface area contributed by atoms with E-state index in [-0.39, 0.29) is 12.5 Å². The molecule has 1 heterocycles. The lowest BCUT2D eigenvalue weighted by molar-refractivity contribution is -0.134. The first-order valence-electron chi connectivity index (χ1n) is 7.94. The Bertz CT molecular complexity index is 620. The Morgan fingerprint density at radius 3 is 2.43 bits per heavy atom. The minimum Gasteiger partial charge on any atom is -0.494 e. The van der Waals surface area contributed by atoms with E-state index >= 15 is 0 Å². The Kier molecular flexibility index (Phi) is 5.18. The van der Waals surface area contributed by atoms with Crippen LogP contribution in [-0.4, -0.2) is 30.1 Å². The van der Waals surface area contributed by atoms with E-state index in [9.17, 15) is 4.79 Å². The summed E-state index contributed by atoms with van der Waals surface area (Å²) >= 11 is 1.69. The molecular weight excluding hydrogens is 310 g/mol. The largest absolute Gasteiger partial charge is 0.494 e. The third kappa shape index (κ3) is 4.48. The number of hydrogen-bond donors (Lipinski definition) is 0. The minimum atomic E-state index is 0.0507. The van der Waals surface area contributed by atoms with E-state index in [1.54, 1.807) is 11.3 Å². The van der Waals surface area contributed by atoms with Gasteiger partial charge in [-0.2, -0.15) is 0 Å². The molecule has 122 valence electrons. The number of hydrogen-bond acceptors (Lipinski definition) is 4. The number of carbonyl (C=O) groups is 1. The molecule has 0 N–H and O–H groups in total. The molecule has 1 aliphatic carbocycles. The maximum Gasteiger partial charge on any atom is 0.261 e. The Hall–Kier alpha value is -2.01. The molecule has 2 aromatic rings. The van der Waals surface area contributed by atoms with E-state index in [0.717, 1.165) is 18.6 Å². The van der Waals surface area contributed by atoms with Gasteiger partial charge in [-0.1, -0.05) is 6.07 Å². The second-order valence-corrected chi connectivity index (χ2v) is 6.56. The second-order valence-electron chi connectivity index (χ2n) is 5.53. The van der Waals surface area contributed by atoms with Crippen molar-refractivity contribution in [3.05, 3.63) is 46.7 Å². The highest BCUT2D eigenvalue weighted by Gasteiger charge is 2.32. The van der Waals surface area contributed by atoms with Crippen molar-refractivity contribution >= 4 is 17.2 Å². The Morgan fingerprint density at radius 1 is 1.17 bits per heavy atom. The Balaban J connectivity index is 1.54. The molecule has 1 saturated carbocycles. The topological polar surface area (TPSA) is 38.8 Å². The van der Waals surface area contributed by atoms with Gasteiger partial charge < -0.3 is 14.4 Å². The molecule has 1 fully saturated rings. The summed E-state index contributed by atoms with van der Waals surface area (Å²) in [6.07, 6.45) is 2.19. The zero-order valence-corrected chi connectivity index (χ0v) is 14.1. The highest BCUT2D eigenvalue weighted by atomic mass is 32.1. The maximum absolute atomic E-state index is 12.5. The number of ether oxygens (including phenoxy) is 2. The molecule has 23 heavy (non-hydrogen) atoms. The normalized spacial score (nSPS) is 13.6. The van der Waals surface area contributed by atoms with Crippen molar-refractivity contribution in [3.8, 4) is 11.5 Å². The van der Waals surface area contributed by atoms with Gasteiger partial charge in [0.1, 0.15) is 11.5 Å². The van der Waals surface area contributed by atoms with Crippen LogP contribution in [0.15, 0.2) is 41.8 Å². The smallest absolute Gasteiger partial charge is 0.261 e. The summed E-state index contributed by atoms with van der Waals surface area (Å²) in [5, 5.41) is 2.04. The highest BCUT2D eigenvalue weighted by molar-refractivity contribution is 7.09. The second kappa shape index (κ2) is 7.51. The van der Waals surface area contributed by atoms with E-state index in [1.165, 1.54) is 4.88 Å². The number of amides is 1. The van der Waals surface area contributed by atoms with Crippen LogP contribution in [0.3, 0.4) is 0 Å². The fourth-order valence-electron chi connectivity index (χ4n) is 2.40. The quantitative estimate of drug-likeness (QED) is 0.740. The van der Waals surface area contributed by atoms with Crippen molar-refractivity contribution in [1.29, 1.82) is 0 Å².